The lowest BCUT2D eigenvalue weighted by Gasteiger charge is -2.31. The molecule has 6 rings (SSSR count). The van der Waals surface area contributed by atoms with E-state index in [2.05, 4.69) is 21.5 Å². The van der Waals surface area contributed by atoms with Gasteiger partial charge in [-0.05, 0) is 55.0 Å². The first-order valence-corrected chi connectivity index (χ1v) is 14.0. The van der Waals surface area contributed by atoms with Gasteiger partial charge in [0.15, 0.2) is 5.82 Å². The van der Waals surface area contributed by atoms with E-state index in [1.54, 1.807) is 24.3 Å². The molecule has 41 heavy (non-hydrogen) atoms. The predicted molar refractivity (Wildman–Crippen MR) is 160 cm³/mol. The van der Waals surface area contributed by atoms with Crippen molar-refractivity contribution in [2.45, 2.75) is 38.8 Å². The average Bonchev–Trinajstić information content (AvgIpc) is 3.39. The maximum absolute atomic E-state index is 13.6. The SMILES string of the molecule is CN(C)c1ccc2c(c1)CCN(c1cccc(-c3cn(C)c(=O)c(Nc4cnn(CC5CCC5)c4)n3)c1CO)C2=O. The number of benzene rings is 2. The Labute approximate surface area is 238 Å². The molecule has 0 spiro atoms. The summed E-state index contributed by atoms with van der Waals surface area (Å²) in [6, 6.07) is 11.4. The van der Waals surface area contributed by atoms with Crippen molar-refractivity contribution in [3.05, 3.63) is 82.0 Å². The number of fused-ring (bicyclic) bond motifs is 1. The summed E-state index contributed by atoms with van der Waals surface area (Å²) in [6.07, 6.45) is 9.69. The van der Waals surface area contributed by atoms with Gasteiger partial charge in [0.25, 0.3) is 11.5 Å². The Kier molecular flexibility index (Phi) is 7.08. The van der Waals surface area contributed by atoms with E-state index in [1.165, 1.54) is 23.8 Å². The number of aliphatic hydroxyl groups excluding tert-OH is 1. The number of aryl methyl sites for hydroxylation is 1. The third-order valence-electron chi connectivity index (χ3n) is 8.20. The van der Waals surface area contributed by atoms with E-state index in [4.69, 9.17) is 0 Å². The molecule has 0 bridgehead atoms. The number of rotatable bonds is 8. The minimum absolute atomic E-state index is 0.0990. The van der Waals surface area contributed by atoms with Crippen molar-refractivity contribution < 1.29 is 9.90 Å². The van der Waals surface area contributed by atoms with Crippen LogP contribution in [-0.4, -0.2) is 51.0 Å². The van der Waals surface area contributed by atoms with Gasteiger partial charge < -0.3 is 24.8 Å². The van der Waals surface area contributed by atoms with Gasteiger partial charge in [-0.15, -0.1) is 0 Å². The van der Waals surface area contributed by atoms with Gasteiger partial charge in [0.2, 0.25) is 0 Å². The number of carbonyl (C=O) groups is 1. The molecule has 0 radical (unpaired) electrons. The summed E-state index contributed by atoms with van der Waals surface area (Å²) in [5, 5.41) is 18.1. The summed E-state index contributed by atoms with van der Waals surface area (Å²) >= 11 is 0. The Balaban J connectivity index is 1.32. The quantitative estimate of drug-likeness (QED) is 0.340. The van der Waals surface area contributed by atoms with Crippen molar-refractivity contribution in [2.75, 3.05) is 35.8 Å². The largest absolute Gasteiger partial charge is 0.392 e. The number of amides is 1. The standard InChI is InChI=1S/C31H35N7O3/c1-35(2)23-10-11-24-21(14-23)12-13-38(30(24)40)28-9-5-8-25(26(28)19-39)27-18-36(3)31(41)29(34-27)33-22-15-32-37(17-22)16-20-6-4-7-20/h5,8-11,14-15,17-18,20,39H,4,6-7,12-13,16,19H2,1-3H3,(H,33,34). The molecule has 0 saturated heterocycles. The van der Waals surface area contributed by atoms with E-state index in [0.29, 0.717) is 52.6 Å². The molecule has 2 aromatic carbocycles. The highest BCUT2D eigenvalue weighted by Crippen LogP contribution is 2.34. The highest BCUT2D eigenvalue weighted by molar-refractivity contribution is 6.09. The summed E-state index contributed by atoms with van der Waals surface area (Å²) in [5.74, 6) is 0.734. The van der Waals surface area contributed by atoms with Crippen LogP contribution >= 0.6 is 0 Å². The molecule has 3 heterocycles. The van der Waals surface area contributed by atoms with Crippen molar-refractivity contribution >= 4 is 28.8 Å². The maximum Gasteiger partial charge on any atom is 0.293 e. The second kappa shape index (κ2) is 10.9. The highest BCUT2D eigenvalue weighted by Gasteiger charge is 2.28. The minimum atomic E-state index is -0.289. The number of nitrogens with zero attached hydrogens (tertiary/aromatic N) is 6. The molecule has 2 aliphatic rings. The molecular formula is C31H35N7O3. The van der Waals surface area contributed by atoms with Gasteiger partial charge in [-0.1, -0.05) is 18.6 Å². The van der Waals surface area contributed by atoms with Crippen molar-refractivity contribution in [2.24, 2.45) is 13.0 Å². The molecule has 2 aromatic heterocycles. The summed E-state index contributed by atoms with van der Waals surface area (Å²) < 4.78 is 3.38. The number of hydrogen-bond acceptors (Lipinski definition) is 7. The van der Waals surface area contributed by atoms with Crippen LogP contribution in [0.3, 0.4) is 0 Å². The molecule has 212 valence electrons. The molecule has 10 nitrogen and oxygen atoms in total. The maximum atomic E-state index is 13.6. The van der Waals surface area contributed by atoms with Gasteiger partial charge in [0.1, 0.15) is 0 Å². The average molecular weight is 554 g/mol. The molecule has 1 amide bonds. The minimum Gasteiger partial charge on any atom is -0.392 e. The van der Waals surface area contributed by atoms with Crippen LogP contribution in [0.25, 0.3) is 11.3 Å². The zero-order chi connectivity index (χ0) is 28.7. The van der Waals surface area contributed by atoms with Gasteiger partial charge in [0, 0.05) is 69.0 Å². The summed E-state index contributed by atoms with van der Waals surface area (Å²) in [5.41, 5.74) is 5.55. The van der Waals surface area contributed by atoms with E-state index in [-0.39, 0.29) is 23.9 Å². The van der Waals surface area contributed by atoms with Crippen LogP contribution in [0.2, 0.25) is 0 Å². The Hall–Kier alpha value is -4.44. The normalized spacial score (nSPS) is 15.0. The molecule has 10 heteroatoms. The van der Waals surface area contributed by atoms with Crippen molar-refractivity contribution in [1.29, 1.82) is 0 Å². The van der Waals surface area contributed by atoms with Crippen LogP contribution in [0.4, 0.5) is 22.9 Å². The van der Waals surface area contributed by atoms with Gasteiger partial charge in [0.05, 0.1) is 29.9 Å². The molecular weight excluding hydrogens is 518 g/mol. The van der Waals surface area contributed by atoms with Crippen molar-refractivity contribution in [3.63, 3.8) is 0 Å². The van der Waals surface area contributed by atoms with E-state index in [9.17, 15) is 14.7 Å². The molecule has 2 N–H and O–H groups in total. The van der Waals surface area contributed by atoms with Gasteiger partial charge >= 0.3 is 0 Å². The van der Waals surface area contributed by atoms with Crippen LogP contribution in [-0.2, 0) is 26.6 Å². The van der Waals surface area contributed by atoms with Crippen LogP contribution in [0.5, 0.6) is 0 Å². The van der Waals surface area contributed by atoms with Crippen LogP contribution in [0.1, 0.15) is 40.7 Å². The first-order valence-electron chi connectivity index (χ1n) is 14.0. The highest BCUT2D eigenvalue weighted by atomic mass is 16.3. The van der Waals surface area contributed by atoms with E-state index >= 15 is 0 Å². The Bertz CT molecular complexity index is 1670. The van der Waals surface area contributed by atoms with Crippen LogP contribution < -0.4 is 20.7 Å². The first kappa shape index (κ1) is 26.8. The monoisotopic (exact) mass is 553 g/mol. The molecule has 0 unspecified atom stereocenters. The smallest absolute Gasteiger partial charge is 0.293 e. The van der Waals surface area contributed by atoms with E-state index < -0.39 is 0 Å². The Morgan fingerprint density at radius 2 is 1.93 bits per heavy atom. The zero-order valence-corrected chi connectivity index (χ0v) is 23.7. The lowest BCUT2D eigenvalue weighted by Crippen LogP contribution is -2.38. The van der Waals surface area contributed by atoms with Gasteiger partial charge in [-0.3, -0.25) is 14.3 Å². The Morgan fingerprint density at radius 3 is 2.66 bits per heavy atom. The molecule has 1 fully saturated rings. The summed E-state index contributed by atoms with van der Waals surface area (Å²) in [7, 11) is 5.64. The molecule has 1 aliphatic carbocycles. The van der Waals surface area contributed by atoms with Crippen molar-refractivity contribution in [3.8, 4) is 11.3 Å². The predicted octanol–water partition coefficient (Wildman–Crippen LogP) is 3.95. The number of aliphatic hydroxyl groups is 1. The number of carbonyl (C=O) groups excluding carboxylic acids is 1. The first-order chi connectivity index (χ1) is 19.8. The van der Waals surface area contributed by atoms with Crippen molar-refractivity contribution in [1.82, 2.24) is 19.3 Å². The number of hydrogen-bond donors (Lipinski definition) is 2. The fourth-order valence-electron chi connectivity index (χ4n) is 5.64. The topological polar surface area (TPSA) is 109 Å². The zero-order valence-electron chi connectivity index (χ0n) is 23.7. The molecule has 4 aromatic rings. The number of aromatic nitrogens is 4. The third-order valence-corrected chi connectivity index (χ3v) is 8.20. The fraction of sp³-hybridized carbons (Fsp3) is 0.355. The lowest BCUT2D eigenvalue weighted by atomic mass is 9.85. The third kappa shape index (κ3) is 5.11. The van der Waals surface area contributed by atoms with E-state index in [0.717, 1.165) is 17.8 Å². The number of anilines is 4. The van der Waals surface area contributed by atoms with E-state index in [1.807, 2.05) is 60.2 Å². The second-order valence-corrected chi connectivity index (χ2v) is 11.2. The second-order valence-electron chi connectivity index (χ2n) is 11.2. The summed E-state index contributed by atoms with van der Waals surface area (Å²) in [4.78, 5) is 35.0. The summed E-state index contributed by atoms with van der Waals surface area (Å²) in [6.45, 7) is 1.08. The fourth-order valence-corrected chi connectivity index (χ4v) is 5.64. The van der Waals surface area contributed by atoms with Gasteiger partial charge in [-0.2, -0.15) is 5.10 Å². The van der Waals surface area contributed by atoms with Crippen LogP contribution in [0.15, 0.2) is 59.8 Å². The molecule has 1 saturated carbocycles. The van der Waals surface area contributed by atoms with Gasteiger partial charge in [-0.25, -0.2) is 4.98 Å². The Morgan fingerprint density at radius 1 is 1.10 bits per heavy atom. The number of nitrogens with one attached hydrogen (secondary N) is 1. The molecule has 1 aliphatic heterocycles. The van der Waals surface area contributed by atoms with Crippen LogP contribution in [0, 0.1) is 5.92 Å². The molecule has 0 atom stereocenters. The lowest BCUT2D eigenvalue weighted by molar-refractivity contribution is 0.0980.